The second-order valence-electron chi connectivity index (χ2n) is 3.67. The van der Waals surface area contributed by atoms with E-state index < -0.39 is 0 Å². The van der Waals surface area contributed by atoms with Crippen molar-refractivity contribution in [3.63, 3.8) is 0 Å². The molecule has 0 unspecified atom stereocenters. The van der Waals surface area contributed by atoms with Crippen molar-refractivity contribution in [3.8, 4) is 0 Å². The van der Waals surface area contributed by atoms with E-state index in [4.69, 9.17) is 4.74 Å². The summed E-state index contributed by atoms with van der Waals surface area (Å²) < 4.78 is 5.05. The van der Waals surface area contributed by atoms with E-state index >= 15 is 0 Å². The van der Waals surface area contributed by atoms with Gasteiger partial charge in [-0.3, -0.25) is 4.79 Å². The molecule has 3 nitrogen and oxygen atoms in total. The monoisotopic (exact) mass is 186 g/mol. The molecule has 0 aromatic heterocycles. The lowest BCUT2D eigenvalue weighted by Gasteiger charge is -2.23. The number of aliphatic hydroxyl groups is 1. The van der Waals surface area contributed by atoms with Gasteiger partial charge in [0.25, 0.3) is 0 Å². The van der Waals surface area contributed by atoms with Gasteiger partial charge in [0.15, 0.2) is 0 Å². The molecule has 0 aromatic carbocycles. The summed E-state index contributed by atoms with van der Waals surface area (Å²) in [6, 6.07) is 0. The summed E-state index contributed by atoms with van der Waals surface area (Å²) in [6.45, 7) is 2.51. The Bertz CT molecular complexity index is 160. The number of carbonyl (C=O) groups excluding carboxylic acids is 1. The first kappa shape index (κ1) is 10.5. The zero-order valence-electron chi connectivity index (χ0n) is 8.16. The van der Waals surface area contributed by atoms with Crippen molar-refractivity contribution in [1.82, 2.24) is 0 Å². The first-order valence-corrected chi connectivity index (χ1v) is 5.08. The molecule has 0 atom stereocenters. The average molecular weight is 186 g/mol. The molecule has 1 aliphatic rings. The predicted octanol–water partition coefficient (Wildman–Crippen LogP) is 1.49. The second-order valence-corrected chi connectivity index (χ2v) is 3.67. The van der Waals surface area contributed by atoms with Gasteiger partial charge in [-0.15, -0.1) is 0 Å². The number of hydrogen-bond donors (Lipinski definition) is 1. The van der Waals surface area contributed by atoms with Crippen LogP contribution in [0.5, 0.6) is 0 Å². The standard InChI is InChI=1S/C10H18O3/c1-2-7-13-10(12)8-3-5-9(11)6-4-8/h8-9,11H,2-7H2,1H3/t8-,9+. The lowest BCUT2D eigenvalue weighted by atomic mass is 9.88. The zero-order valence-corrected chi connectivity index (χ0v) is 8.16. The van der Waals surface area contributed by atoms with Crippen LogP contribution >= 0.6 is 0 Å². The smallest absolute Gasteiger partial charge is 0.308 e. The van der Waals surface area contributed by atoms with Crippen molar-refractivity contribution in [2.24, 2.45) is 5.92 Å². The van der Waals surface area contributed by atoms with Crippen LogP contribution in [-0.2, 0) is 9.53 Å². The van der Waals surface area contributed by atoms with Gasteiger partial charge >= 0.3 is 5.97 Å². The van der Waals surface area contributed by atoms with Crippen molar-refractivity contribution in [3.05, 3.63) is 0 Å². The van der Waals surface area contributed by atoms with E-state index in [-0.39, 0.29) is 18.0 Å². The van der Waals surface area contributed by atoms with E-state index in [2.05, 4.69) is 0 Å². The quantitative estimate of drug-likeness (QED) is 0.679. The number of carbonyl (C=O) groups is 1. The minimum atomic E-state index is -0.199. The molecule has 0 bridgehead atoms. The molecule has 0 heterocycles. The molecule has 0 aromatic rings. The first-order valence-electron chi connectivity index (χ1n) is 5.08. The third-order valence-electron chi connectivity index (χ3n) is 2.48. The summed E-state index contributed by atoms with van der Waals surface area (Å²) in [4.78, 5) is 11.4. The predicted molar refractivity (Wildman–Crippen MR) is 49.2 cm³/mol. The Balaban J connectivity index is 2.23. The fourth-order valence-corrected chi connectivity index (χ4v) is 1.63. The topological polar surface area (TPSA) is 46.5 Å². The summed E-state index contributed by atoms with van der Waals surface area (Å²) in [7, 11) is 0. The molecule has 1 rings (SSSR count). The highest BCUT2D eigenvalue weighted by Crippen LogP contribution is 2.25. The average Bonchev–Trinajstić information content (AvgIpc) is 2.15. The summed E-state index contributed by atoms with van der Waals surface area (Å²) >= 11 is 0. The molecule has 1 fully saturated rings. The third kappa shape index (κ3) is 3.35. The number of hydrogen-bond acceptors (Lipinski definition) is 3. The van der Waals surface area contributed by atoms with E-state index in [1.54, 1.807) is 0 Å². The normalized spacial score (nSPS) is 28.5. The molecule has 3 heteroatoms. The summed E-state index contributed by atoms with van der Waals surface area (Å²) in [5.41, 5.74) is 0. The minimum Gasteiger partial charge on any atom is -0.465 e. The maximum atomic E-state index is 11.4. The van der Waals surface area contributed by atoms with Gasteiger partial charge in [-0.2, -0.15) is 0 Å². The Morgan fingerprint density at radius 3 is 2.54 bits per heavy atom. The zero-order chi connectivity index (χ0) is 9.68. The van der Waals surface area contributed by atoms with E-state index in [1.807, 2.05) is 6.92 Å². The summed E-state index contributed by atoms with van der Waals surface area (Å²) in [5.74, 6) is -0.0382. The van der Waals surface area contributed by atoms with Crippen molar-refractivity contribution >= 4 is 5.97 Å². The van der Waals surface area contributed by atoms with Crippen LogP contribution in [0.2, 0.25) is 0 Å². The van der Waals surface area contributed by atoms with E-state index in [1.165, 1.54) is 0 Å². The second kappa shape index (κ2) is 5.22. The molecule has 1 saturated carbocycles. The maximum absolute atomic E-state index is 11.4. The molecule has 76 valence electrons. The van der Waals surface area contributed by atoms with Gasteiger partial charge in [0.1, 0.15) is 0 Å². The van der Waals surface area contributed by atoms with Crippen LogP contribution in [0.4, 0.5) is 0 Å². The number of rotatable bonds is 3. The van der Waals surface area contributed by atoms with E-state index in [0.29, 0.717) is 6.61 Å². The van der Waals surface area contributed by atoms with Crippen LogP contribution in [0.3, 0.4) is 0 Å². The minimum absolute atomic E-state index is 0.0370. The molecule has 0 aliphatic heterocycles. The van der Waals surface area contributed by atoms with Gasteiger partial charge in [-0.1, -0.05) is 6.92 Å². The van der Waals surface area contributed by atoms with E-state index in [9.17, 15) is 9.90 Å². The van der Waals surface area contributed by atoms with Crippen molar-refractivity contribution in [2.45, 2.75) is 45.1 Å². The van der Waals surface area contributed by atoms with E-state index in [0.717, 1.165) is 32.1 Å². The van der Waals surface area contributed by atoms with Crippen molar-refractivity contribution < 1.29 is 14.6 Å². The fraction of sp³-hybridized carbons (Fsp3) is 0.900. The van der Waals surface area contributed by atoms with Gasteiger partial charge < -0.3 is 9.84 Å². The van der Waals surface area contributed by atoms with Gasteiger partial charge in [0, 0.05) is 0 Å². The molecule has 0 amide bonds. The van der Waals surface area contributed by atoms with Gasteiger partial charge in [0.2, 0.25) is 0 Å². The Labute approximate surface area is 79.1 Å². The third-order valence-corrected chi connectivity index (χ3v) is 2.48. The van der Waals surface area contributed by atoms with Gasteiger partial charge in [-0.25, -0.2) is 0 Å². The highest BCUT2D eigenvalue weighted by molar-refractivity contribution is 5.72. The molecule has 0 radical (unpaired) electrons. The molecule has 1 aliphatic carbocycles. The number of esters is 1. The highest BCUT2D eigenvalue weighted by atomic mass is 16.5. The maximum Gasteiger partial charge on any atom is 0.308 e. The van der Waals surface area contributed by atoms with Gasteiger partial charge in [-0.05, 0) is 32.1 Å². The molecule has 0 spiro atoms. The van der Waals surface area contributed by atoms with Crippen molar-refractivity contribution in [1.29, 1.82) is 0 Å². The molecule has 13 heavy (non-hydrogen) atoms. The SMILES string of the molecule is CCCOC(=O)[C@H]1CC[C@@H](O)CC1. The molecular weight excluding hydrogens is 168 g/mol. The summed E-state index contributed by atoms with van der Waals surface area (Å²) in [6.07, 6.45) is 3.72. The first-order chi connectivity index (χ1) is 6.24. The Morgan fingerprint density at radius 2 is 2.00 bits per heavy atom. The van der Waals surface area contributed by atoms with Crippen LogP contribution in [0.25, 0.3) is 0 Å². The Hall–Kier alpha value is -0.570. The Kier molecular flexibility index (Phi) is 4.22. The van der Waals surface area contributed by atoms with Crippen LogP contribution in [0, 0.1) is 5.92 Å². The lowest BCUT2D eigenvalue weighted by Crippen LogP contribution is -2.25. The fourth-order valence-electron chi connectivity index (χ4n) is 1.63. The van der Waals surface area contributed by atoms with Crippen LogP contribution in [0.1, 0.15) is 39.0 Å². The highest BCUT2D eigenvalue weighted by Gasteiger charge is 2.25. The number of ether oxygens (including phenoxy) is 1. The van der Waals surface area contributed by atoms with Crippen LogP contribution in [-0.4, -0.2) is 23.8 Å². The summed E-state index contributed by atoms with van der Waals surface area (Å²) in [5, 5.41) is 9.23. The number of aliphatic hydroxyl groups excluding tert-OH is 1. The van der Waals surface area contributed by atoms with Crippen molar-refractivity contribution in [2.75, 3.05) is 6.61 Å². The van der Waals surface area contributed by atoms with Gasteiger partial charge in [0.05, 0.1) is 18.6 Å². The molecule has 0 saturated heterocycles. The molecular formula is C10H18O3. The van der Waals surface area contributed by atoms with Crippen LogP contribution < -0.4 is 0 Å². The Morgan fingerprint density at radius 1 is 1.38 bits per heavy atom. The largest absolute Gasteiger partial charge is 0.465 e. The van der Waals surface area contributed by atoms with Crippen LogP contribution in [0.15, 0.2) is 0 Å². The molecule has 1 N–H and O–H groups in total. The lowest BCUT2D eigenvalue weighted by molar-refractivity contribution is -0.150.